The molecule has 3 fully saturated rings. The lowest BCUT2D eigenvalue weighted by Gasteiger charge is -2.44. The van der Waals surface area contributed by atoms with Crippen LogP contribution in [0.4, 0.5) is 0 Å². The number of hydrogen-bond acceptors (Lipinski definition) is 4. The van der Waals surface area contributed by atoms with E-state index >= 15 is 0 Å². The second-order valence-corrected chi connectivity index (χ2v) is 8.87. The maximum atomic E-state index is 12.6. The SMILES string of the molecule is O=C(NCCN(C1CCOCC1)C1CCCN(C(=O)C2CC2)C1)C1CC=CC1. The van der Waals surface area contributed by atoms with Crippen LogP contribution in [0.25, 0.3) is 0 Å². The van der Waals surface area contributed by atoms with E-state index in [1.165, 1.54) is 0 Å². The van der Waals surface area contributed by atoms with Gasteiger partial charge in [0, 0.05) is 63.3 Å². The zero-order valence-electron chi connectivity index (χ0n) is 17.0. The number of amides is 2. The molecule has 156 valence electrons. The quantitative estimate of drug-likeness (QED) is 0.676. The highest BCUT2D eigenvalue weighted by molar-refractivity contribution is 5.81. The van der Waals surface area contributed by atoms with E-state index in [2.05, 4.69) is 27.3 Å². The van der Waals surface area contributed by atoms with Gasteiger partial charge in [-0.1, -0.05) is 12.2 Å². The van der Waals surface area contributed by atoms with Crippen LogP contribution in [0.2, 0.25) is 0 Å². The van der Waals surface area contributed by atoms with Gasteiger partial charge in [-0.3, -0.25) is 14.5 Å². The number of rotatable bonds is 7. The molecule has 2 aliphatic carbocycles. The fourth-order valence-electron chi connectivity index (χ4n) is 4.98. The van der Waals surface area contributed by atoms with Crippen molar-refractivity contribution >= 4 is 11.8 Å². The Morgan fingerprint density at radius 2 is 1.75 bits per heavy atom. The first kappa shape index (κ1) is 19.9. The predicted octanol–water partition coefficient (Wildman–Crippen LogP) is 1.95. The van der Waals surface area contributed by atoms with Crippen molar-refractivity contribution < 1.29 is 14.3 Å². The Kier molecular flexibility index (Phi) is 6.68. The molecule has 0 aromatic rings. The van der Waals surface area contributed by atoms with Crippen molar-refractivity contribution in [1.29, 1.82) is 0 Å². The number of nitrogens with zero attached hydrogens (tertiary/aromatic N) is 2. The van der Waals surface area contributed by atoms with Gasteiger partial charge in [-0.15, -0.1) is 0 Å². The summed E-state index contributed by atoms with van der Waals surface area (Å²) in [4.78, 5) is 29.6. The molecule has 1 atom stereocenters. The summed E-state index contributed by atoms with van der Waals surface area (Å²) in [7, 11) is 0. The first-order valence-corrected chi connectivity index (χ1v) is 11.3. The summed E-state index contributed by atoms with van der Waals surface area (Å²) in [5.74, 6) is 0.984. The molecule has 2 heterocycles. The maximum Gasteiger partial charge on any atom is 0.225 e. The second-order valence-electron chi connectivity index (χ2n) is 8.87. The number of carbonyl (C=O) groups is 2. The minimum Gasteiger partial charge on any atom is -0.381 e. The van der Waals surface area contributed by atoms with Gasteiger partial charge in [0.2, 0.25) is 11.8 Å². The third-order valence-corrected chi connectivity index (χ3v) is 6.81. The van der Waals surface area contributed by atoms with E-state index in [0.29, 0.717) is 30.5 Å². The number of nitrogens with one attached hydrogen (secondary N) is 1. The van der Waals surface area contributed by atoms with Gasteiger partial charge in [0.15, 0.2) is 0 Å². The van der Waals surface area contributed by atoms with Crippen LogP contribution < -0.4 is 5.32 Å². The molecule has 1 saturated carbocycles. The smallest absolute Gasteiger partial charge is 0.225 e. The van der Waals surface area contributed by atoms with Crippen LogP contribution in [-0.4, -0.2) is 73.1 Å². The van der Waals surface area contributed by atoms with Gasteiger partial charge < -0.3 is 15.0 Å². The fourth-order valence-corrected chi connectivity index (χ4v) is 4.98. The summed E-state index contributed by atoms with van der Waals surface area (Å²) in [6.07, 6.45) is 12.4. The van der Waals surface area contributed by atoms with Crippen LogP contribution in [0.3, 0.4) is 0 Å². The molecule has 2 aliphatic heterocycles. The lowest BCUT2D eigenvalue weighted by molar-refractivity contribution is -0.135. The van der Waals surface area contributed by atoms with E-state index < -0.39 is 0 Å². The Morgan fingerprint density at radius 3 is 2.46 bits per heavy atom. The molecule has 6 heteroatoms. The molecule has 4 rings (SSSR count). The van der Waals surface area contributed by atoms with Gasteiger partial charge >= 0.3 is 0 Å². The second kappa shape index (κ2) is 9.40. The molecular weight excluding hydrogens is 354 g/mol. The van der Waals surface area contributed by atoms with Crippen molar-refractivity contribution in [1.82, 2.24) is 15.1 Å². The minimum atomic E-state index is 0.123. The van der Waals surface area contributed by atoms with Gasteiger partial charge in [0.1, 0.15) is 0 Å². The normalized spacial score (nSPS) is 26.8. The molecule has 4 aliphatic rings. The third-order valence-electron chi connectivity index (χ3n) is 6.81. The van der Waals surface area contributed by atoms with Gasteiger partial charge in [0.05, 0.1) is 0 Å². The maximum absolute atomic E-state index is 12.6. The predicted molar refractivity (Wildman–Crippen MR) is 108 cm³/mol. The molecule has 0 aromatic heterocycles. The molecule has 28 heavy (non-hydrogen) atoms. The zero-order chi connectivity index (χ0) is 19.3. The topological polar surface area (TPSA) is 61.9 Å². The first-order valence-electron chi connectivity index (χ1n) is 11.3. The largest absolute Gasteiger partial charge is 0.381 e. The van der Waals surface area contributed by atoms with E-state index in [-0.39, 0.29) is 11.8 Å². The molecule has 1 N–H and O–H groups in total. The van der Waals surface area contributed by atoms with Crippen molar-refractivity contribution in [3.8, 4) is 0 Å². The van der Waals surface area contributed by atoms with E-state index in [9.17, 15) is 9.59 Å². The molecule has 2 saturated heterocycles. The highest BCUT2D eigenvalue weighted by Gasteiger charge is 2.37. The fraction of sp³-hybridized carbons (Fsp3) is 0.818. The van der Waals surface area contributed by atoms with E-state index in [1.807, 2.05) is 0 Å². The summed E-state index contributed by atoms with van der Waals surface area (Å²) in [6, 6.07) is 0.907. The number of hydrogen-bond donors (Lipinski definition) is 1. The van der Waals surface area contributed by atoms with Crippen molar-refractivity contribution in [3.63, 3.8) is 0 Å². The summed E-state index contributed by atoms with van der Waals surface area (Å²) >= 11 is 0. The highest BCUT2D eigenvalue weighted by atomic mass is 16.5. The third kappa shape index (κ3) is 4.95. The summed E-state index contributed by atoms with van der Waals surface area (Å²) < 4.78 is 5.58. The van der Waals surface area contributed by atoms with Crippen LogP contribution in [0.5, 0.6) is 0 Å². The van der Waals surface area contributed by atoms with E-state index in [4.69, 9.17) is 4.74 Å². The van der Waals surface area contributed by atoms with Crippen molar-refractivity contribution in [2.45, 2.75) is 63.5 Å². The molecule has 0 bridgehead atoms. The average molecular weight is 390 g/mol. The van der Waals surface area contributed by atoms with E-state index in [0.717, 1.165) is 84.2 Å². The number of likely N-dealkylation sites (tertiary alicyclic amines) is 1. The van der Waals surface area contributed by atoms with Crippen molar-refractivity contribution in [2.24, 2.45) is 11.8 Å². The van der Waals surface area contributed by atoms with Crippen molar-refractivity contribution in [3.05, 3.63) is 12.2 Å². The van der Waals surface area contributed by atoms with Crippen LogP contribution in [0.1, 0.15) is 51.4 Å². The Morgan fingerprint density at radius 1 is 1.00 bits per heavy atom. The number of carbonyl (C=O) groups excluding carboxylic acids is 2. The zero-order valence-corrected chi connectivity index (χ0v) is 17.0. The van der Waals surface area contributed by atoms with Gasteiger partial charge in [-0.05, 0) is 51.4 Å². The van der Waals surface area contributed by atoms with Crippen LogP contribution in [-0.2, 0) is 14.3 Å². The monoisotopic (exact) mass is 389 g/mol. The lowest BCUT2D eigenvalue weighted by atomic mass is 9.98. The summed E-state index contributed by atoms with van der Waals surface area (Å²) in [5, 5.41) is 3.16. The first-order chi connectivity index (χ1) is 13.7. The van der Waals surface area contributed by atoms with Gasteiger partial charge in [-0.25, -0.2) is 0 Å². The molecule has 0 spiro atoms. The van der Waals surface area contributed by atoms with Gasteiger partial charge in [0.25, 0.3) is 0 Å². The van der Waals surface area contributed by atoms with Gasteiger partial charge in [-0.2, -0.15) is 0 Å². The number of piperidine rings is 1. The molecule has 0 aromatic carbocycles. The molecule has 1 unspecified atom stereocenters. The van der Waals surface area contributed by atoms with Crippen LogP contribution in [0, 0.1) is 11.8 Å². The van der Waals surface area contributed by atoms with Crippen LogP contribution >= 0.6 is 0 Å². The Hall–Kier alpha value is -1.40. The molecule has 0 radical (unpaired) electrons. The molecule has 6 nitrogen and oxygen atoms in total. The van der Waals surface area contributed by atoms with E-state index in [1.54, 1.807) is 0 Å². The summed E-state index contributed by atoms with van der Waals surface area (Å²) in [5.41, 5.74) is 0. The lowest BCUT2D eigenvalue weighted by Crippen LogP contribution is -2.55. The Bertz CT molecular complexity index is 576. The number of ether oxygens (including phenoxy) is 1. The Balaban J connectivity index is 1.33. The molecule has 2 amide bonds. The standard InChI is InChI=1S/C22H35N3O3/c26-21(17-4-1-2-5-17)23-11-13-25(19-9-14-28-15-10-19)20-6-3-12-24(16-20)22(27)18-7-8-18/h1-2,17-20H,3-16H2,(H,23,26). The Labute approximate surface area is 168 Å². The van der Waals surface area contributed by atoms with Crippen molar-refractivity contribution in [2.75, 3.05) is 39.4 Å². The molecular formula is C22H35N3O3. The van der Waals surface area contributed by atoms with Crippen LogP contribution in [0.15, 0.2) is 12.2 Å². The highest BCUT2D eigenvalue weighted by Crippen LogP contribution is 2.32. The number of allylic oxidation sites excluding steroid dienone is 2. The summed E-state index contributed by atoms with van der Waals surface area (Å²) in [6.45, 7) is 4.97. The average Bonchev–Trinajstić information content (AvgIpc) is 3.44. The minimum absolute atomic E-state index is 0.123.